The summed E-state index contributed by atoms with van der Waals surface area (Å²) in [4.78, 5) is 19.6. The summed E-state index contributed by atoms with van der Waals surface area (Å²) in [5, 5.41) is 15.5. The van der Waals surface area contributed by atoms with Crippen molar-refractivity contribution in [1.29, 1.82) is 0 Å². The molecule has 8 heteroatoms. The molecule has 0 spiro atoms. The molecular formula is C22H33N5O3. The van der Waals surface area contributed by atoms with Crippen molar-refractivity contribution in [3.05, 3.63) is 29.6 Å². The number of hydroxylamine groups is 2. The van der Waals surface area contributed by atoms with E-state index in [-0.39, 0.29) is 23.2 Å². The van der Waals surface area contributed by atoms with Crippen LogP contribution in [0.15, 0.2) is 18.2 Å². The van der Waals surface area contributed by atoms with Crippen LogP contribution in [0, 0.1) is 5.92 Å². The van der Waals surface area contributed by atoms with Crippen LogP contribution >= 0.6 is 0 Å². The minimum absolute atomic E-state index is 0.0512. The number of para-hydroxylation sites is 1. The number of H-pyrrole nitrogens is 1. The number of rotatable bonds is 5. The normalized spacial score (nSPS) is 27.0. The summed E-state index contributed by atoms with van der Waals surface area (Å²) in [7, 11) is 0. The number of nitrogens with zero attached hydrogens (tertiary/aromatic N) is 2. The molecule has 2 fully saturated rings. The number of benzene rings is 1. The zero-order valence-electron chi connectivity index (χ0n) is 18.2. The summed E-state index contributed by atoms with van der Waals surface area (Å²) in [6.07, 6.45) is 2.72. The van der Waals surface area contributed by atoms with Crippen LogP contribution in [0.3, 0.4) is 0 Å². The maximum Gasteiger partial charge on any atom is 0.250 e. The fourth-order valence-corrected chi connectivity index (χ4v) is 5.32. The molecule has 2 aliphatic rings. The Morgan fingerprint density at radius 1 is 1.30 bits per heavy atom. The lowest BCUT2D eigenvalue weighted by molar-refractivity contribution is -0.254. The first kappa shape index (κ1) is 21.2. The van der Waals surface area contributed by atoms with Gasteiger partial charge < -0.3 is 26.0 Å². The number of imidazole rings is 1. The van der Waals surface area contributed by atoms with Crippen molar-refractivity contribution < 1.29 is 14.7 Å². The second kappa shape index (κ2) is 7.60. The van der Waals surface area contributed by atoms with E-state index >= 15 is 0 Å². The van der Waals surface area contributed by atoms with Gasteiger partial charge in [0.25, 0.3) is 5.91 Å². The summed E-state index contributed by atoms with van der Waals surface area (Å²) in [6, 6.07) is 5.46. The second-order valence-corrected chi connectivity index (χ2v) is 10.1. The van der Waals surface area contributed by atoms with E-state index in [0.717, 1.165) is 37.1 Å². The number of amides is 1. The largest absolute Gasteiger partial charge is 0.377 e. The first-order valence-electron chi connectivity index (χ1n) is 10.7. The number of nitrogens with two attached hydrogens (primary N) is 1. The van der Waals surface area contributed by atoms with Crippen molar-refractivity contribution in [3.8, 4) is 0 Å². The molecule has 1 amide bonds. The molecule has 2 atom stereocenters. The van der Waals surface area contributed by atoms with Gasteiger partial charge in [0.05, 0.1) is 23.2 Å². The van der Waals surface area contributed by atoms with E-state index in [1.165, 1.54) is 5.06 Å². The monoisotopic (exact) mass is 415 g/mol. The summed E-state index contributed by atoms with van der Waals surface area (Å²) in [6.45, 7) is 9.76. The Hall–Kier alpha value is -2.00. The zero-order valence-corrected chi connectivity index (χ0v) is 18.2. The van der Waals surface area contributed by atoms with Crippen LogP contribution in [0.25, 0.3) is 11.0 Å². The molecule has 0 saturated carbocycles. The van der Waals surface area contributed by atoms with Crippen molar-refractivity contribution in [2.24, 2.45) is 11.7 Å². The molecule has 0 bridgehead atoms. The number of hydrogen-bond donors (Lipinski definition) is 4. The molecule has 2 aromatic rings. The van der Waals surface area contributed by atoms with Crippen molar-refractivity contribution >= 4 is 16.9 Å². The van der Waals surface area contributed by atoms with Crippen molar-refractivity contribution in [2.45, 2.75) is 70.2 Å². The van der Waals surface area contributed by atoms with Gasteiger partial charge in [-0.05, 0) is 65.0 Å². The maximum absolute atomic E-state index is 11.7. The van der Waals surface area contributed by atoms with Gasteiger partial charge in [0.15, 0.2) is 0 Å². The highest BCUT2D eigenvalue weighted by molar-refractivity contribution is 6.04. The Morgan fingerprint density at radius 3 is 2.67 bits per heavy atom. The quantitative estimate of drug-likeness (QED) is 0.597. The summed E-state index contributed by atoms with van der Waals surface area (Å²) >= 11 is 0. The van der Waals surface area contributed by atoms with Gasteiger partial charge in [0.2, 0.25) is 0 Å². The number of nitrogens with one attached hydrogen (secondary N) is 2. The molecule has 0 radical (unpaired) electrons. The standard InChI is InChI=1S/C22H33N5O3/c1-21(2)9-13(10-22(3,4)27(21)29)12-30-14-8-17(24-11-14)20-25-16-7-5-6-15(19(23)28)18(16)26-20/h5-7,13-14,17,24,29H,8-12H2,1-4H3,(H2,23,28)(H,25,26). The lowest BCUT2D eigenvalue weighted by Gasteiger charge is -2.51. The molecule has 2 aliphatic heterocycles. The number of aromatic nitrogens is 2. The van der Waals surface area contributed by atoms with Gasteiger partial charge in [-0.25, -0.2) is 4.98 Å². The van der Waals surface area contributed by atoms with Crippen LogP contribution in [-0.2, 0) is 4.74 Å². The molecule has 2 unspecified atom stereocenters. The molecule has 164 valence electrons. The Kier molecular flexibility index (Phi) is 5.38. The topological polar surface area (TPSA) is 116 Å². The zero-order chi connectivity index (χ0) is 21.7. The average Bonchev–Trinajstić information content (AvgIpc) is 3.30. The number of hydrogen-bond acceptors (Lipinski definition) is 6. The van der Waals surface area contributed by atoms with E-state index < -0.39 is 5.91 Å². The number of fused-ring (bicyclic) bond motifs is 1. The van der Waals surface area contributed by atoms with Crippen LogP contribution in [0.1, 0.15) is 69.2 Å². The molecular weight excluding hydrogens is 382 g/mol. The van der Waals surface area contributed by atoms with Crippen molar-refractivity contribution in [1.82, 2.24) is 20.3 Å². The second-order valence-electron chi connectivity index (χ2n) is 10.1. The lowest BCUT2D eigenvalue weighted by Crippen LogP contribution is -2.59. The van der Waals surface area contributed by atoms with Gasteiger partial charge >= 0.3 is 0 Å². The van der Waals surface area contributed by atoms with Crippen LogP contribution in [0.4, 0.5) is 0 Å². The van der Waals surface area contributed by atoms with Crippen LogP contribution in [0.5, 0.6) is 0 Å². The van der Waals surface area contributed by atoms with Crippen molar-refractivity contribution in [2.75, 3.05) is 13.2 Å². The van der Waals surface area contributed by atoms with Crippen LogP contribution < -0.4 is 11.1 Å². The maximum atomic E-state index is 11.7. The first-order valence-corrected chi connectivity index (χ1v) is 10.7. The Morgan fingerprint density at radius 2 is 2.00 bits per heavy atom. The van der Waals surface area contributed by atoms with E-state index in [4.69, 9.17) is 10.5 Å². The Labute approximate surface area is 177 Å². The molecule has 8 nitrogen and oxygen atoms in total. The van der Waals surface area contributed by atoms with Gasteiger partial charge in [-0.2, -0.15) is 5.06 Å². The molecule has 2 saturated heterocycles. The van der Waals surface area contributed by atoms with E-state index in [1.54, 1.807) is 12.1 Å². The van der Waals surface area contributed by atoms with Gasteiger partial charge in [0, 0.05) is 24.2 Å². The number of carbonyl (C=O) groups is 1. The van der Waals surface area contributed by atoms with Gasteiger partial charge in [-0.15, -0.1) is 0 Å². The number of primary amides is 1. The fourth-order valence-electron chi connectivity index (χ4n) is 5.32. The molecule has 0 aliphatic carbocycles. The third-order valence-electron chi connectivity index (χ3n) is 6.51. The minimum Gasteiger partial charge on any atom is -0.377 e. The number of piperidine rings is 1. The highest BCUT2D eigenvalue weighted by atomic mass is 16.5. The van der Waals surface area contributed by atoms with Gasteiger partial charge in [-0.3, -0.25) is 4.79 Å². The van der Waals surface area contributed by atoms with Gasteiger partial charge in [0.1, 0.15) is 11.3 Å². The number of aromatic amines is 1. The predicted molar refractivity (Wildman–Crippen MR) is 114 cm³/mol. The summed E-state index contributed by atoms with van der Waals surface area (Å²) < 4.78 is 6.27. The molecule has 5 N–H and O–H groups in total. The predicted octanol–water partition coefficient (Wildman–Crippen LogP) is 2.74. The van der Waals surface area contributed by atoms with Crippen LogP contribution in [-0.4, -0.2) is 56.5 Å². The third kappa shape index (κ3) is 3.97. The smallest absolute Gasteiger partial charge is 0.250 e. The van der Waals surface area contributed by atoms with Crippen molar-refractivity contribution in [3.63, 3.8) is 0 Å². The molecule has 4 rings (SSSR count). The van der Waals surface area contributed by atoms with E-state index in [2.05, 4.69) is 43.0 Å². The molecule has 3 heterocycles. The fraction of sp³-hybridized carbons (Fsp3) is 0.636. The molecule has 1 aromatic heterocycles. The number of ether oxygens (including phenoxy) is 1. The first-order chi connectivity index (χ1) is 14.1. The number of carbonyl (C=O) groups excluding carboxylic acids is 1. The highest BCUT2D eigenvalue weighted by Crippen LogP contribution is 2.40. The van der Waals surface area contributed by atoms with E-state index in [1.807, 2.05) is 6.07 Å². The molecule has 1 aromatic carbocycles. The van der Waals surface area contributed by atoms with E-state index in [9.17, 15) is 10.0 Å². The van der Waals surface area contributed by atoms with Gasteiger partial charge in [-0.1, -0.05) is 6.07 Å². The summed E-state index contributed by atoms with van der Waals surface area (Å²) in [5.41, 5.74) is 6.81. The average molecular weight is 416 g/mol. The Balaban J connectivity index is 1.38. The highest BCUT2D eigenvalue weighted by Gasteiger charge is 2.45. The van der Waals surface area contributed by atoms with Crippen LogP contribution in [0.2, 0.25) is 0 Å². The Bertz CT molecular complexity index is 920. The molecule has 30 heavy (non-hydrogen) atoms. The SMILES string of the molecule is CC1(C)CC(COC2CNC(c3nc4c(C(N)=O)cccc4[nH]3)C2)CC(C)(C)N1O. The third-order valence-corrected chi connectivity index (χ3v) is 6.51. The summed E-state index contributed by atoms with van der Waals surface area (Å²) in [5.74, 6) is 0.737. The lowest BCUT2D eigenvalue weighted by atomic mass is 9.75. The minimum atomic E-state index is -0.473. The van der Waals surface area contributed by atoms with E-state index in [0.29, 0.717) is 23.6 Å².